The van der Waals surface area contributed by atoms with E-state index in [1.165, 1.54) is 0 Å². The third-order valence-electron chi connectivity index (χ3n) is 1.73. The largest absolute Gasteiger partial charge is 0.481 e. The van der Waals surface area contributed by atoms with Crippen molar-refractivity contribution in [3.8, 4) is 0 Å². The lowest BCUT2D eigenvalue weighted by Crippen LogP contribution is -2.32. The van der Waals surface area contributed by atoms with E-state index in [4.69, 9.17) is 5.11 Å². The lowest BCUT2D eigenvalue weighted by Gasteiger charge is -2.20. The summed E-state index contributed by atoms with van der Waals surface area (Å²) in [7, 11) is 0. The van der Waals surface area contributed by atoms with Gasteiger partial charge < -0.3 is 5.11 Å². The highest BCUT2D eigenvalue weighted by Crippen LogP contribution is 2.00. The van der Waals surface area contributed by atoms with Crippen LogP contribution in [0.5, 0.6) is 0 Å². The summed E-state index contributed by atoms with van der Waals surface area (Å²) in [5, 5.41) is 8.69. The Kier molecular flexibility index (Phi) is 5.89. The van der Waals surface area contributed by atoms with E-state index in [1.807, 2.05) is 4.90 Å². The fourth-order valence-electron chi connectivity index (χ4n) is 1.05. The van der Waals surface area contributed by atoms with Crippen LogP contribution < -0.4 is 0 Å². The van der Waals surface area contributed by atoms with E-state index < -0.39 is 5.97 Å². The number of carboxylic acid groups (broad SMARTS) is 1. The maximum absolute atomic E-state index is 10.6. The molecule has 1 unspecified atom stereocenters. The number of nitrogens with zero attached hydrogens (tertiary/aromatic N) is 1. The van der Waals surface area contributed by atoms with Crippen LogP contribution in [-0.2, 0) is 4.79 Å². The number of hydrogen-bond donors (Lipinski definition) is 1. The number of carboxylic acids is 1. The van der Waals surface area contributed by atoms with Crippen molar-refractivity contribution in [3.63, 3.8) is 0 Å². The smallest absolute Gasteiger partial charge is 0.307 e. The van der Waals surface area contributed by atoms with Crippen LogP contribution in [0.4, 0.5) is 0 Å². The minimum Gasteiger partial charge on any atom is -0.481 e. The predicted molar refractivity (Wildman–Crippen MR) is 53.6 cm³/mol. The Morgan fingerprint density at radius 2 is 1.92 bits per heavy atom. The zero-order valence-electron chi connectivity index (χ0n) is 8.07. The highest BCUT2D eigenvalue weighted by Gasteiger charge is 2.13. The van der Waals surface area contributed by atoms with Crippen molar-refractivity contribution in [2.24, 2.45) is 5.92 Å². The van der Waals surface area contributed by atoms with Crippen molar-refractivity contribution in [1.82, 2.24) is 4.90 Å². The van der Waals surface area contributed by atoms with Gasteiger partial charge in [-0.05, 0) is 0 Å². The molecule has 0 aromatic heterocycles. The van der Waals surface area contributed by atoms with Crippen molar-refractivity contribution in [2.45, 2.75) is 6.92 Å². The number of hydrogen-bond acceptors (Lipinski definition) is 2. The standard InChI is InChI=1S/C10H17NO2/c1-4-6-11(7-5-2)8-9(3)10(12)13/h4-5,9H,1-2,6-8H2,3H3,(H,12,13). The van der Waals surface area contributed by atoms with Crippen molar-refractivity contribution >= 4 is 5.97 Å². The predicted octanol–water partition coefficient (Wildman–Crippen LogP) is 1.38. The van der Waals surface area contributed by atoms with Gasteiger partial charge in [-0.1, -0.05) is 19.1 Å². The van der Waals surface area contributed by atoms with Crippen LogP contribution in [0.15, 0.2) is 25.3 Å². The normalized spacial score (nSPS) is 12.5. The molecule has 0 aromatic carbocycles. The van der Waals surface area contributed by atoms with Crippen LogP contribution in [-0.4, -0.2) is 35.6 Å². The number of rotatable bonds is 7. The molecule has 74 valence electrons. The SMILES string of the molecule is C=CCN(CC=C)CC(C)C(=O)O. The second-order valence-corrected chi connectivity index (χ2v) is 3.04. The van der Waals surface area contributed by atoms with Gasteiger partial charge in [-0.3, -0.25) is 9.69 Å². The van der Waals surface area contributed by atoms with E-state index in [0.29, 0.717) is 19.6 Å². The molecule has 0 aromatic rings. The summed E-state index contributed by atoms with van der Waals surface area (Å²) in [6, 6.07) is 0. The topological polar surface area (TPSA) is 40.5 Å². The molecule has 0 fully saturated rings. The van der Waals surface area contributed by atoms with Gasteiger partial charge in [0.15, 0.2) is 0 Å². The number of aliphatic carboxylic acids is 1. The minimum atomic E-state index is -0.766. The molecule has 0 spiro atoms. The van der Waals surface area contributed by atoms with E-state index in [0.717, 1.165) is 0 Å². The first kappa shape index (κ1) is 11.9. The van der Waals surface area contributed by atoms with Crippen molar-refractivity contribution < 1.29 is 9.90 Å². The average Bonchev–Trinajstić information content (AvgIpc) is 2.05. The fourth-order valence-corrected chi connectivity index (χ4v) is 1.05. The summed E-state index contributed by atoms with van der Waals surface area (Å²) in [6.07, 6.45) is 3.52. The van der Waals surface area contributed by atoms with E-state index in [1.54, 1.807) is 19.1 Å². The molecule has 0 aliphatic rings. The van der Waals surface area contributed by atoms with Gasteiger partial charge in [0.25, 0.3) is 0 Å². The zero-order valence-corrected chi connectivity index (χ0v) is 8.07. The maximum atomic E-state index is 10.6. The highest BCUT2D eigenvalue weighted by atomic mass is 16.4. The monoisotopic (exact) mass is 183 g/mol. The summed E-state index contributed by atoms with van der Waals surface area (Å²) in [5.41, 5.74) is 0. The van der Waals surface area contributed by atoms with Crippen LogP contribution in [0.1, 0.15) is 6.92 Å². The molecule has 1 N–H and O–H groups in total. The van der Waals surface area contributed by atoms with Gasteiger partial charge in [0.05, 0.1) is 5.92 Å². The first-order valence-electron chi connectivity index (χ1n) is 4.28. The van der Waals surface area contributed by atoms with Crippen molar-refractivity contribution in [3.05, 3.63) is 25.3 Å². The Hall–Kier alpha value is -1.09. The third kappa shape index (κ3) is 5.20. The molecule has 0 heterocycles. The molecule has 0 saturated heterocycles. The molecule has 13 heavy (non-hydrogen) atoms. The molecule has 0 radical (unpaired) electrons. The molecule has 3 heteroatoms. The Balaban J connectivity index is 3.99. The molecule has 3 nitrogen and oxygen atoms in total. The molecule has 0 saturated carbocycles. The van der Waals surface area contributed by atoms with E-state index in [9.17, 15) is 4.79 Å². The summed E-state index contributed by atoms with van der Waals surface area (Å²) in [4.78, 5) is 12.5. The van der Waals surface area contributed by atoms with Crippen LogP contribution in [0.2, 0.25) is 0 Å². The summed E-state index contributed by atoms with van der Waals surface area (Å²) in [6.45, 7) is 10.9. The minimum absolute atomic E-state index is 0.347. The average molecular weight is 183 g/mol. The highest BCUT2D eigenvalue weighted by molar-refractivity contribution is 5.69. The van der Waals surface area contributed by atoms with Crippen LogP contribution in [0, 0.1) is 5.92 Å². The molecule has 0 amide bonds. The van der Waals surface area contributed by atoms with Crippen molar-refractivity contribution in [1.29, 1.82) is 0 Å². The van der Waals surface area contributed by atoms with Gasteiger partial charge in [0.2, 0.25) is 0 Å². The maximum Gasteiger partial charge on any atom is 0.307 e. The fraction of sp³-hybridized carbons (Fsp3) is 0.500. The lowest BCUT2D eigenvalue weighted by molar-refractivity contribution is -0.141. The van der Waals surface area contributed by atoms with Gasteiger partial charge in [-0.25, -0.2) is 0 Å². The first-order chi connectivity index (χ1) is 6.11. The molecule has 1 atom stereocenters. The van der Waals surface area contributed by atoms with Gasteiger partial charge in [0, 0.05) is 19.6 Å². The Morgan fingerprint density at radius 3 is 2.23 bits per heavy atom. The number of carbonyl (C=O) groups is 1. The molecular weight excluding hydrogens is 166 g/mol. The van der Waals surface area contributed by atoms with Gasteiger partial charge in [-0.15, -0.1) is 13.2 Å². The third-order valence-corrected chi connectivity index (χ3v) is 1.73. The van der Waals surface area contributed by atoms with E-state index in [2.05, 4.69) is 13.2 Å². The Morgan fingerprint density at radius 1 is 1.46 bits per heavy atom. The summed E-state index contributed by atoms with van der Waals surface area (Å²) >= 11 is 0. The second-order valence-electron chi connectivity index (χ2n) is 3.04. The summed E-state index contributed by atoms with van der Waals surface area (Å²) < 4.78 is 0. The van der Waals surface area contributed by atoms with Crippen LogP contribution >= 0.6 is 0 Å². The first-order valence-corrected chi connectivity index (χ1v) is 4.28. The van der Waals surface area contributed by atoms with Gasteiger partial charge in [-0.2, -0.15) is 0 Å². The lowest BCUT2D eigenvalue weighted by atomic mass is 10.1. The Bertz CT molecular complexity index is 179. The second kappa shape index (κ2) is 6.43. The van der Waals surface area contributed by atoms with Crippen molar-refractivity contribution in [2.75, 3.05) is 19.6 Å². The van der Waals surface area contributed by atoms with Gasteiger partial charge >= 0.3 is 5.97 Å². The molecule has 0 aliphatic carbocycles. The van der Waals surface area contributed by atoms with Gasteiger partial charge in [0.1, 0.15) is 0 Å². The quantitative estimate of drug-likeness (QED) is 0.606. The van der Waals surface area contributed by atoms with Crippen LogP contribution in [0.3, 0.4) is 0 Å². The molecular formula is C10H17NO2. The molecule has 0 aliphatic heterocycles. The molecule has 0 rings (SSSR count). The molecule has 0 bridgehead atoms. The zero-order chi connectivity index (χ0) is 10.3. The summed E-state index contributed by atoms with van der Waals surface area (Å²) in [5.74, 6) is -1.11. The Labute approximate surface area is 79.4 Å². The van der Waals surface area contributed by atoms with E-state index >= 15 is 0 Å². The van der Waals surface area contributed by atoms with E-state index in [-0.39, 0.29) is 5.92 Å². The van der Waals surface area contributed by atoms with Crippen LogP contribution in [0.25, 0.3) is 0 Å².